The molecule has 47 heavy (non-hydrogen) atoms. The minimum atomic E-state index is -1.28. The van der Waals surface area contributed by atoms with Gasteiger partial charge in [-0.3, -0.25) is 9.59 Å². The third-order valence-corrected chi connectivity index (χ3v) is 7.88. The van der Waals surface area contributed by atoms with Crippen LogP contribution in [0.5, 0.6) is 0 Å². The lowest BCUT2D eigenvalue weighted by Gasteiger charge is -2.17. The summed E-state index contributed by atoms with van der Waals surface area (Å²) < 4.78 is 34.8. The quantitative estimate of drug-likeness (QED) is 0.0452. The topological polar surface area (TPSA) is 130 Å². The number of nitrogens with zero attached hydrogens (tertiary/aromatic N) is 1. The van der Waals surface area contributed by atoms with Crippen molar-refractivity contribution in [1.29, 1.82) is 0 Å². The molecule has 0 aliphatic rings. The summed E-state index contributed by atoms with van der Waals surface area (Å²) in [7, 11) is 1.41. The molecule has 1 heterocycles. The number of hydrogen-bond donors (Lipinski definition) is 4. The predicted molar refractivity (Wildman–Crippen MR) is 177 cm³/mol. The molecule has 4 N–H and O–H groups in total. The lowest BCUT2D eigenvalue weighted by molar-refractivity contribution is -0.160. The molecule has 0 saturated heterocycles. The highest BCUT2D eigenvalue weighted by molar-refractivity contribution is 7.93. The number of aliphatic carboxylic acids is 1. The number of benzene rings is 3. The van der Waals surface area contributed by atoms with Crippen LogP contribution in [0.25, 0.3) is 28.3 Å². The standard InChI is InChI=1S/C35H36F2N2O7S/c1-21(2)39-30(17-16-28(40)18-29(41)19-31(42)43)32(23-6-10-25(36)11-7-23)33(24-8-12-26(37)13-9-24)34(39)35(44)38-27-14-4-22(5-15-27)20-47-46-45-3/h4-17,21,28-29,40-41H,18-20H2,1-3H3,(H,38,44)(H,42,43)/b17-16+/t28-,29-/m1/s1. The number of carbonyl (C=O) groups excluding carboxylic acids is 1. The number of carbonyl (C=O) groups is 2. The summed E-state index contributed by atoms with van der Waals surface area (Å²) in [5.41, 5.74) is 4.21. The van der Waals surface area contributed by atoms with Crippen LogP contribution >= 0.6 is 12.0 Å². The number of amides is 1. The first-order valence-corrected chi connectivity index (χ1v) is 15.7. The number of halogens is 2. The molecule has 4 rings (SSSR count). The highest BCUT2D eigenvalue weighted by Gasteiger charge is 2.29. The van der Waals surface area contributed by atoms with Gasteiger partial charge in [0.1, 0.15) is 17.3 Å². The molecule has 1 aromatic heterocycles. The van der Waals surface area contributed by atoms with Crippen molar-refractivity contribution in [2.24, 2.45) is 0 Å². The van der Waals surface area contributed by atoms with Gasteiger partial charge in [0, 0.05) is 52.8 Å². The van der Waals surface area contributed by atoms with E-state index in [1.165, 1.54) is 37.5 Å². The average Bonchev–Trinajstić information content (AvgIpc) is 3.37. The van der Waals surface area contributed by atoms with Crippen molar-refractivity contribution in [3.8, 4) is 22.3 Å². The summed E-state index contributed by atoms with van der Waals surface area (Å²) in [6.45, 7) is 3.75. The first-order valence-electron chi connectivity index (χ1n) is 14.8. The second kappa shape index (κ2) is 16.5. The third kappa shape index (κ3) is 9.37. The molecule has 3 aromatic carbocycles. The van der Waals surface area contributed by atoms with E-state index in [9.17, 15) is 28.6 Å². The van der Waals surface area contributed by atoms with E-state index in [-0.39, 0.29) is 18.2 Å². The highest BCUT2D eigenvalue weighted by Crippen LogP contribution is 2.43. The van der Waals surface area contributed by atoms with E-state index in [0.29, 0.717) is 39.4 Å². The Morgan fingerprint density at radius 1 is 0.915 bits per heavy atom. The van der Waals surface area contributed by atoms with Crippen molar-refractivity contribution in [3.05, 3.63) is 107 Å². The summed E-state index contributed by atoms with van der Waals surface area (Å²) in [6.07, 6.45) is -0.274. The monoisotopic (exact) mass is 666 g/mol. The molecule has 4 aromatic rings. The van der Waals surface area contributed by atoms with Crippen molar-refractivity contribution in [1.82, 2.24) is 4.57 Å². The molecule has 2 atom stereocenters. The van der Waals surface area contributed by atoms with Crippen LogP contribution in [0.4, 0.5) is 14.5 Å². The first kappa shape index (κ1) is 35.5. The maximum Gasteiger partial charge on any atom is 0.305 e. The second-order valence-corrected chi connectivity index (χ2v) is 11.7. The Morgan fingerprint density at radius 3 is 2.02 bits per heavy atom. The van der Waals surface area contributed by atoms with Gasteiger partial charge in [0.15, 0.2) is 0 Å². The molecule has 0 bridgehead atoms. The number of aromatic nitrogens is 1. The van der Waals surface area contributed by atoms with Crippen molar-refractivity contribution in [3.63, 3.8) is 0 Å². The largest absolute Gasteiger partial charge is 0.481 e. The zero-order chi connectivity index (χ0) is 34.1. The number of aliphatic hydroxyl groups is 2. The van der Waals surface area contributed by atoms with Crippen LogP contribution in [0.15, 0.2) is 78.9 Å². The maximum absolute atomic E-state index is 14.3. The zero-order valence-corrected chi connectivity index (χ0v) is 26.8. The fourth-order valence-electron chi connectivity index (χ4n) is 5.20. The van der Waals surface area contributed by atoms with Gasteiger partial charge in [-0.15, -0.1) is 0 Å². The van der Waals surface area contributed by atoms with Crippen molar-refractivity contribution < 1.29 is 42.9 Å². The Morgan fingerprint density at radius 2 is 1.49 bits per heavy atom. The lowest BCUT2D eigenvalue weighted by atomic mass is 9.94. The zero-order valence-electron chi connectivity index (χ0n) is 26.0. The summed E-state index contributed by atoms with van der Waals surface area (Å²) in [6, 6.07) is 18.2. The molecular weight excluding hydrogens is 630 g/mol. The van der Waals surface area contributed by atoms with E-state index in [4.69, 9.17) is 9.44 Å². The van der Waals surface area contributed by atoms with Crippen LogP contribution in [0.2, 0.25) is 0 Å². The molecule has 1 amide bonds. The van der Waals surface area contributed by atoms with Crippen LogP contribution in [-0.4, -0.2) is 51.1 Å². The number of carboxylic acids is 1. The molecule has 0 aliphatic heterocycles. The molecule has 0 radical (unpaired) electrons. The molecule has 0 aliphatic carbocycles. The predicted octanol–water partition coefficient (Wildman–Crippen LogP) is 7.26. The number of aliphatic hydroxyl groups excluding tert-OH is 2. The van der Waals surface area contributed by atoms with Gasteiger partial charge >= 0.3 is 5.97 Å². The van der Waals surface area contributed by atoms with E-state index in [1.54, 1.807) is 47.0 Å². The SMILES string of the molecule is COOSCc1ccc(NC(=O)c2c(-c3ccc(F)cc3)c(-c3ccc(F)cc3)c(/C=C/[C@@H](O)C[C@@H](O)CC(=O)O)n2C(C)C)cc1. The fraction of sp³-hybridized carbons (Fsp3) is 0.257. The molecule has 0 spiro atoms. The average molecular weight is 667 g/mol. The van der Waals surface area contributed by atoms with Gasteiger partial charge in [0.2, 0.25) is 0 Å². The van der Waals surface area contributed by atoms with E-state index >= 15 is 0 Å². The number of hydrogen-bond acceptors (Lipinski definition) is 7. The molecule has 12 heteroatoms. The number of rotatable bonds is 15. The molecule has 248 valence electrons. The van der Waals surface area contributed by atoms with Crippen molar-refractivity contribution in [2.45, 2.75) is 50.7 Å². The maximum atomic E-state index is 14.3. The van der Waals surface area contributed by atoms with Gasteiger partial charge in [-0.2, -0.15) is 4.33 Å². The minimum Gasteiger partial charge on any atom is -0.481 e. The third-order valence-electron chi connectivity index (χ3n) is 7.19. The van der Waals surface area contributed by atoms with Crippen LogP contribution in [-0.2, 0) is 19.8 Å². The lowest BCUT2D eigenvalue weighted by Crippen LogP contribution is -2.20. The van der Waals surface area contributed by atoms with E-state index < -0.39 is 42.1 Å². The summed E-state index contributed by atoms with van der Waals surface area (Å²) >= 11 is 1.12. The van der Waals surface area contributed by atoms with Crippen LogP contribution in [0.1, 0.15) is 54.5 Å². The number of anilines is 1. The van der Waals surface area contributed by atoms with Gasteiger partial charge < -0.3 is 25.2 Å². The Balaban J connectivity index is 1.89. The van der Waals surface area contributed by atoms with E-state index in [2.05, 4.69) is 10.2 Å². The number of carboxylic acid groups (broad SMARTS) is 1. The van der Waals surface area contributed by atoms with Gasteiger partial charge in [-0.1, -0.05) is 42.5 Å². The molecule has 9 nitrogen and oxygen atoms in total. The summed E-state index contributed by atoms with van der Waals surface area (Å²) in [5.74, 6) is -2.09. The Hall–Kier alpha value is -4.33. The smallest absolute Gasteiger partial charge is 0.305 e. The fourth-order valence-corrected chi connectivity index (χ4v) is 5.67. The van der Waals surface area contributed by atoms with E-state index in [0.717, 1.165) is 17.6 Å². The Bertz CT molecular complexity index is 1690. The Labute approximate surface area is 275 Å². The van der Waals surface area contributed by atoms with Crippen LogP contribution < -0.4 is 5.32 Å². The normalized spacial score (nSPS) is 12.9. The summed E-state index contributed by atoms with van der Waals surface area (Å²) in [4.78, 5) is 29.9. The van der Waals surface area contributed by atoms with Gasteiger partial charge in [0.05, 0.1) is 25.7 Å². The van der Waals surface area contributed by atoms with Gasteiger partial charge in [0.25, 0.3) is 5.91 Å². The van der Waals surface area contributed by atoms with Gasteiger partial charge in [-0.05, 0) is 73.0 Å². The Kier molecular flexibility index (Phi) is 12.5. The molecule has 0 saturated carbocycles. The van der Waals surface area contributed by atoms with Crippen molar-refractivity contribution in [2.75, 3.05) is 12.4 Å². The van der Waals surface area contributed by atoms with Gasteiger partial charge in [-0.25, -0.2) is 13.7 Å². The van der Waals surface area contributed by atoms with Crippen LogP contribution in [0.3, 0.4) is 0 Å². The van der Waals surface area contributed by atoms with E-state index in [1.807, 2.05) is 26.0 Å². The van der Waals surface area contributed by atoms with Crippen LogP contribution in [0, 0.1) is 11.6 Å². The highest BCUT2D eigenvalue weighted by atomic mass is 32.2. The molecule has 0 fully saturated rings. The molecule has 0 unspecified atom stereocenters. The van der Waals surface area contributed by atoms with Crippen molar-refractivity contribution >= 4 is 35.7 Å². The first-order chi connectivity index (χ1) is 22.5. The number of nitrogens with one attached hydrogen (secondary N) is 1. The molecular formula is C35H36F2N2O7S. The summed E-state index contributed by atoms with van der Waals surface area (Å²) in [5, 5.41) is 32.7. The second-order valence-electron chi connectivity index (χ2n) is 11.0. The minimum absolute atomic E-state index is 0.235.